The molecule has 6 rings (SSSR count). The Kier molecular flexibility index (Phi) is 5.77. The number of hydrogen-bond donors (Lipinski definition) is 1. The van der Waals surface area contributed by atoms with E-state index in [1.165, 1.54) is 0 Å². The van der Waals surface area contributed by atoms with E-state index in [9.17, 15) is 13.6 Å². The van der Waals surface area contributed by atoms with E-state index in [1.807, 2.05) is 30.5 Å². The minimum atomic E-state index is -2.89. The van der Waals surface area contributed by atoms with E-state index < -0.39 is 12.6 Å². The Labute approximate surface area is 217 Å². The van der Waals surface area contributed by atoms with E-state index in [4.69, 9.17) is 14.8 Å². The number of alkyl halides is 2. The van der Waals surface area contributed by atoms with Crippen molar-refractivity contribution in [2.75, 3.05) is 18.0 Å². The number of anilines is 1. The third-order valence-electron chi connectivity index (χ3n) is 7.81. The number of rotatable bonds is 7. The number of carboxylic acid groups (broad SMARTS) is 1. The highest BCUT2D eigenvalue weighted by Crippen LogP contribution is 2.52. The van der Waals surface area contributed by atoms with E-state index >= 15 is 0 Å². The largest absolute Gasteiger partial charge is 0.481 e. The predicted octanol–water partition coefficient (Wildman–Crippen LogP) is 4.90. The molecule has 1 spiro atoms. The lowest BCUT2D eigenvalue weighted by Gasteiger charge is -2.58. The third-order valence-corrected chi connectivity index (χ3v) is 7.81. The maximum atomic E-state index is 12.9. The Balaban J connectivity index is 1.25. The molecule has 1 saturated heterocycles. The third kappa shape index (κ3) is 4.23. The lowest BCUT2D eigenvalue weighted by atomic mass is 9.58. The van der Waals surface area contributed by atoms with E-state index in [2.05, 4.69) is 14.9 Å². The van der Waals surface area contributed by atoms with E-state index in [0.717, 1.165) is 59.7 Å². The maximum Gasteiger partial charge on any atom is 0.387 e. The lowest BCUT2D eigenvalue weighted by molar-refractivity contribution is -0.151. The number of carbonyl (C=O) groups is 1. The second-order valence-electron chi connectivity index (χ2n) is 10.5. The number of para-hydroxylation sites is 1. The number of ether oxygens (including phenoxy) is 1. The summed E-state index contributed by atoms with van der Waals surface area (Å²) in [7, 11) is 0. The number of aromatic nitrogens is 4. The molecule has 8 nitrogen and oxygen atoms in total. The number of pyridine rings is 1. The molecular formula is C28H27F2N5O3. The summed E-state index contributed by atoms with van der Waals surface area (Å²) in [6, 6.07) is 8.80. The van der Waals surface area contributed by atoms with Crippen LogP contribution in [0.5, 0.6) is 5.75 Å². The van der Waals surface area contributed by atoms with E-state index in [1.54, 1.807) is 36.7 Å². The molecule has 0 amide bonds. The Bertz CT molecular complexity index is 1520. The van der Waals surface area contributed by atoms with Gasteiger partial charge >= 0.3 is 12.6 Å². The van der Waals surface area contributed by atoms with Gasteiger partial charge in [-0.1, -0.05) is 18.2 Å². The molecule has 0 unspecified atom stereocenters. The van der Waals surface area contributed by atoms with Gasteiger partial charge in [-0.3, -0.25) is 4.79 Å². The van der Waals surface area contributed by atoms with Crippen LogP contribution in [0.15, 0.2) is 48.9 Å². The van der Waals surface area contributed by atoms with Crippen molar-refractivity contribution >= 4 is 17.6 Å². The Morgan fingerprint density at radius 1 is 1.18 bits per heavy atom. The normalized spacial score (nSPS) is 16.6. The van der Waals surface area contributed by atoms with Gasteiger partial charge in [0.1, 0.15) is 11.4 Å². The molecule has 1 aliphatic heterocycles. The smallest absolute Gasteiger partial charge is 0.387 e. The Hall–Kier alpha value is -4.08. The number of halogens is 2. The highest BCUT2D eigenvalue weighted by molar-refractivity contribution is 5.72. The molecule has 1 aromatic carbocycles. The number of nitrogens with zero attached hydrogens (tertiary/aromatic N) is 5. The van der Waals surface area contributed by atoms with Crippen molar-refractivity contribution in [2.24, 2.45) is 11.3 Å². The summed E-state index contributed by atoms with van der Waals surface area (Å²) in [4.78, 5) is 27.1. The molecule has 1 saturated carbocycles. The standard InChI is InChI=1S/C28H27F2N5O3/c1-16-7-24-33-17(2)22(8-18-5-3-4-6-23(18)38-26(29)30)35(24)13-21(16)20-11-31-27(32-12-20)34-14-28(15-34)9-19(10-28)25(36)37/h3-7,11-13,19,26H,8-10,14-15H2,1-2H3,(H,36,37). The number of fused-ring (bicyclic) bond motifs is 1. The zero-order valence-electron chi connectivity index (χ0n) is 21.1. The summed E-state index contributed by atoms with van der Waals surface area (Å²) in [5.41, 5.74) is 6.05. The van der Waals surface area contributed by atoms with Crippen LogP contribution in [0.25, 0.3) is 16.8 Å². The van der Waals surface area contributed by atoms with Crippen LogP contribution in [-0.2, 0) is 11.2 Å². The van der Waals surface area contributed by atoms with Crippen molar-refractivity contribution in [1.82, 2.24) is 19.4 Å². The number of benzene rings is 1. The van der Waals surface area contributed by atoms with Crippen LogP contribution in [0, 0.1) is 25.2 Å². The molecule has 10 heteroatoms. The molecule has 0 bridgehead atoms. The molecule has 4 heterocycles. The summed E-state index contributed by atoms with van der Waals surface area (Å²) in [6.45, 7) is 2.60. The van der Waals surface area contributed by atoms with Crippen LogP contribution in [0.4, 0.5) is 14.7 Å². The van der Waals surface area contributed by atoms with Crippen LogP contribution in [-0.4, -0.2) is 50.1 Å². The van der Waals surface area contributed by atoms with Gasteiger partial charge in [0.15, 0.2) is 0 Å². The lowest BCUT2D eigenvalue weighted by Crippen LogP contribution is -2.63. The first kappa shape index (κ1) is 24.3. The quantitative estimate of drug-likeness (QED) is 0.371. The van der Waals surface area contributed by atoms with E-state index in [-0.39, 0.29) is 17.1 Å². The summed E-state index contributed by atoms with van der Waals surface area (Å²) in [6.07, 6.45) is 7.43. The fourth-order valence-corrected chi connectivity index (χ4v) is 5.85. The fraction of sp³-hybridized carbons (Fsp3) is 0.357. The Morgan fingerprint density at radius 2 is 1.89 bits per heavy atom. The van der Waals surface area contributed by atoms with Crippen LogP contribution >= 0.6 is 0 Å². The number of carboxylic acids is 1. The van der Waals surface area contributed by atoms with Crippen molar-refractivity contribution in [1.29, 1.82) is 0 Å². The van der Waals surface area contributed by atoms with Crippen LogP contribution in [0.1, 0.15) is 35.4 Å². The molecule has 2 fully saturated rings. The zero-order chi connectivity index (χ0) is 26.6. The highest BCUT2D eigenvalue weighted by atomic mass is 19.3. The second-order valence-corrected chi connectivity index (χ2v) is 10.5. The van der Waals surface area contributed by atoms with Crippen LogP contribution < -0.4 is 9.64 Å². The molecule has 1 aliphatic carbocycles. The molecule has 2 aliphatic rings. The van der Waals surface area contributed by atoms with E-state index in [0.29, 0.717) is 17.9 Å². The van der Waals surface area contributed by atoms with Gasteiger partial charge in [-0.15, -0.1) is 0 Å². The van der Waals surface area contributed by atoms with Gasteiger partial charge in [0.05, 0.1) is 11.6 Å². The topological polar surface area (TPSA) is 92.9 Å². The summed E-state index contributed by atoms with van der Waals surface area (Å²) >= 11 is 0. The predicted molar refractivity (Wildman–Crippen MR) is 137 cm³/mol. The van der Waals surface area contributed by atoms with Crippen LogP contribution in [0.2, 0.25) is 0 Å². The van der Waals surface area contributed by atoms with Crippen molar-refractivity contribution in [3.63, 3.8) is 0 Å². The van der Waals surface area contributed by atoms with Crippen molar-refractivity contribution in [2.45, 2.75) is 39.7 Å². The number of imidazole rings is 1. The van der Waals surface area contributed by atoms with Crippen molar-refractivity contribution in [3.8, 4) is 16.9 Å². The van der Waals surface area contributed by atoms with Crippen LogP contribution in [0.3, 0.4) is 0 Å². The molecule has 0 atom stereocenters. The summed E-state index contributed by atoms with van der Waals surface area (Å²) in [5, 5.41) is 9.15. The molecule has 4 aromatic rings. The number of aryl methyl sites for hydroxylation is 2. The molecular weight excluding hydrogens is 492 g/mol. The Morgan fingerprint density at radius 3 is 2.58 bits per heavy atom. The summed E-state index contributed by atoms with van der Waals surface area (Å²) in [5.74, 6) is -0.127. The van der Waals surface area contributed by atoms with Crippen molar-refractivity contribution in [3.05, 3.63) is 71.4 Å². The summed E-state index contributed by atoms with van der Waals surface area (Å²) < 4.78 is 32.6. The average Bonchev–Trinajstić information content (AvgIpc) is 3.11. The van der Waals surface area contributed by atoms with Crippen molar-refractivity contribution < 1.29 is 23.4 Å². The van der Waals surface area contributed by atoms with Gasteiger partial charge in [0.25, 0.3) is 0 Å². The molecule has 196 valence electrons. The first-order valence-corrected chi connectivity index (χ1v) is 12.5. The van der Waals surface area contributed by atoms with Gasteiger partial charge in [0.2, 0.25) is 5.95 Å². The van der Waals surface area contributed by atoms with Gasteiger partial charge in [-0.2, -0.15) is 8.78 Å². The molecule has 1 N–H and O–H groups in total. The molecule has 0 radical (unpaired) electrons. The fourth-order valence-electron chi connectivity index (χ4n) is 5.85. The SMILES string of the molecule is Cc1cc2nc(C)c(Cc3ccccc3OC(F)F)n2cc1-c1cnc(N2CC3(CC(C(=O)O)C3)C2)nc1. The highest BCUT2D eigenvalue weighted by Gasteiger charge is 2.55. The van der Waals surface area contributed by atoms with Gasteiger partial charge in [0, 0.05) is 65.9 Å². The first-order chi connectivity index (χ1) is 18.2. The van der Waals surface area contributed by atoms with Gasteiger partial charge in [-0.05, 0) is 44.4 Å². The van der Waals surface area contributed by atoms with Gasteiger partial charge in [-0.25, -0.2) is 15.0 Å². The minimum Gasteiger partial charge on any atom is -0.481 e. The minimum absolute atomic E-state index is 0.0986. The number of aliphatic carboxylic acids is 1. The second kappa shape index (κ2) is 9.04. The molecule has 38 heavy (non-hydrogen) atoms. The molecule has 3 aromatic heterocycles. The number of hydrogen-bond acceptors (Lipinski definition) is 6. The monoisotopic (exact) mass is 519 g/mol. The first-order valence-electron chi connectivity index (χ1n) is 12.5. The zero-order valence-corrected chi connectivity index (χ0v) is 21.1. The average molecular weight is 520 g/mol. The van der Waals surface area contributed by atoms with Gasteiger partial charge < -0.3 is 19.1 Å². The maximum absolute atomic E-state index is 12.9.